The molecule has 0 aliphatic rings. The number of hydrogen-bond donors (Lipinski definition) is 0. The van der Waals surface area contributed by atoms with Crippen molar-refractivity contribution < 1.29 is 69.1 Å². The number of halogens is 10. The highest BCUT2D eigenvalue weighted by atomic mass is 32.2. The van der Waals surface area contributed by atoms with Crippen molar-refractivity contribution in [1.82, 2.24) is 0 Å². The van der Waals surface area contributed by atoms with E-state index >= 15 is 0 Å². The van der Waals surface area contributed by atoms with Crippen molar-refractivity contribution in [3.8, 4) is 0 Å². The molecule has 0 amide bonds. The zero-order valence-electron chi connectivity index (χ0n) is 12.0. The van der Waals surface area contributed by atoms with E-state index in [0.29, 0.717) is 0 Å². The lowest BCUT2D eigenvalue weighted by Crippen LogP contribution is -2.45. The van der Waals surface area contributed by atoms with E-state index in [0.717, 1.165) is 0 Å². The quantitative estimate of drug-likeness (QED) is 0.318. The van der Waals surface area contributed by atoms with Gasteiger partial charge in [-0.05, 0) is 6.92 Å². The van der Waals surface area contributed by atoms with Crippen LogP contribution in [-0.4, -0.2) is 58.8 Å². The topological polar surface area (TPSA) is 86.7 Å². The average Bonchev–Trinajstić information content (AvgIpc) is 2.18. The Balaban J connectivity index is 5.12. The van der Waals surface area contributed by atoms with E-state index in [9.17, 15) is 60.7 Å². The first-order valence-corrected chi connectivity index (χ1v) is 8.88. The first kappa shape index (κ1) is 25.1. The van der Waals surface area contributed by atoms with E-state index in [1.807, 2.05) is 0 Å². The lowest BCUT2D eigenvalue weighted by Gasteiger charge is -2.22. The van der Waals surface area contributed by atoms with Crippen LogP contribution >= 0.6 is 0 Å². The van der Waals surface area contributed by atoms with Crippen molar-refractivity contribution >= 4 is 20.2 Å². The molecular formula is C8H8F10O6S2. The van der Waals surface area contributed by atoms with Crippen LogP contribution in [0.5, 0.6) is 0 Å². The maximum Gasteiger partial charge on any atom is 0.454 e. The number of alkyl halides is 10. The molecule has 0 heterocycles. The largest absolute Gasteiger partial charge is 0.454 e. The first-order valence-electron chi connectivity index (χ1n) is 5.72. The van der Waals surface area contributed by atoms with Gasteiger partial charge in [0.2, 0.25) is 0 Å². The van der Waals surface area contributed by atoms with Crippen molar-refractivity contribution in [1.29, 1.82) is 0 Å². The second-order valence-corrected chi connectivity index (χ2v) is 7.76. The lowest BCUT2D eigenvalue weighted by molar-refractivity contribution is -0.272. The summed E-state index contributed by atoms with van der Waals surface area (Å²) < 4.78 is 173. The molecule has 158 valence electrons. The fourth-order valence-corrected chi connectivity index (χ4v) is 3.41. The fourth-order valence-electron chi connectivity index (χ4n) is 1.10. The van der Waals surface area contributed by atoms with Gasteiger partial charge in [0.15, 0.2) is 6.29 Å². The Labute approximate surface area is 139 Å². The van der Waals surface area contributed by atoms with Gasteiger partial charge in [-0.2, -0.15) is 60.7 Å². The zero-order valence-corrected chi connectivity index (χ0v) is 13.7. The predicted octanol–water partition coefficient (Wildman–Crippen LogP) is 2.42. The van der Waals surface area contributed by atoms with E-state index in [2.05, 4.69) is 8.37 Å². The van der Waals surface area contributed by atoms with E-state index < -0.39 is 62.2 Å². The molecule has 0 aromatic rings. The summed E-state index contributed by atoms with van der Waals surface area (Å²) in [5, 5.41) is 0. The van der Waals surface area contributed by atoms with Crippen LogP contribution in [-0.2, 0) is 28.6 Å². The van der Waals surface area contributed by atoms with Gasteiger partial charge in [-0.25, -0.2) is 8.37 Å². The van der Waals surface area contributed by atoms with Crippen LogP contribution in [0.3, 0.4) is 0 Å². The summed E-state index contributed by atoms with van der Waals surface area (Å²) in [5.74, 6) is -17.7. The molecule has 0 atom stereocenters. The van der Waals surface area contributed by atoms with Crippen LogP contribution in [0.15, 0.2) is 0 Å². The van der Waals surface area contributed by atoms with Crippen molar-refractivity contribution in [3.05, 3.63) is 0 Å². The maximum atomic E-state index is 12.6. The fraction of sp³-hybridized carbons (Fsp3) is 1.00. The molecule has 0 aliphatic carbocycles. The summed E-state index contributed by atoms with van der Waals surface area (Å²) in [6, 6.07) is 0. The minimum atomic E-state index is -6.33. The molecule has 6 nitrogen and oxygen atoms in total. The van der Waals surface area contributed by atoms with Gasteiger partial charge in [0.1, 0.15) is 11.5 Å². The van der Waals surface area contributed by atoms with Crippen molar-refractivity contribution in [2.45, 2.75) is 37.4 Å². The monoisotopic (exact) mass is 454 g/mol. The Morgan fingerprint density at radius 1 is 0.654 bits per heavy atom. The van der Waals surface area contributed by atoms with Crippen LogP contribution in [0.2, 0.25) is 0 Å². The second kappa shape index (κ2) is 7.27. The maximum absolute atomic E-state index is 12.6. The summed E-state index contributed by atoms with van der Waals surface area (Å²) in [6.07, 6.45) is -15.5. The number of hydrogen-bond acceptors (Lipinski definition) is 6. The molecule has 0 N–H and O–H groups in total. The van der Waals surface area contributed by atoms with Crippen LogP contribution < -0.4 is 0 Å². The molecule has 0 saturated carbocycles. The summed E-state index contributed by atoms with van der Waals surface area (Å²) in [7, 11) is -11.7. The third kappa shape index (κ3) is 7.39. The normalized spacial score (nSPS) is 15.5. The molecular weight excluding hydrogens is 446 g/mol. The summed E-state index contributed by atoms with van der Waals surface area (Å²) in [6.45, 7) is 0.229. The van der Waals surface area contributed by atoms with Gasteiger partial charge in [-0.1, -0.05) is 0 Å². The highest BCUT2D eigenvalue weighted by molar-refractivity contribution is 7.87. The average molecular weight is 454 g/mol. The third-order valence-electron chi connectivity index (χ3n) is 2.11. The molecule has 18 heteroatoms. The molecule has 0 bridgehead atoms. The van der Waals surface area contributed by atoms with Gasteiger partial charge in [-0.3, -0.25) is 0 Å². The van der Waals surface area contributed by atoms with E-state index in [1.165, 1.54) is 0 Å². The van der Waals surface area contributed by atoms with Gasteiger partial charge in [0.25, 0.3) is 20.2 Å². The minimum Gasteiger partial charge on any atom is -0.237 e. The Hall–Kier alpha value is -0.880. The molecule has 0 rings (SSSR count). The zero-order chi connectivity index (χ0) is 21.4. The van der Waals surface area contributed by atoms with Crippen LogP contribution in [0.4, 0.5) is 43.9 Å². The Morgan fingerprint density at radius 2 is 0.885 bits per heavy atom. The highest BCUT2D eigenvalue weighted by Crippen LogP contribution is 2.38. The van der Waals surface area contributed by atoms with Crippen LogP contribution in [0, 0.1) is 0 Å². The van der Waals surface area contributed by atoms with Crippen molar-refractivity contribution in [2.75, 3.05) is 11.5 Å². The second-order valence-electron chi connectivity index (χ2n) is 4.57. The summed E-state index contributed by atoms with van der Waals surface area (Å²) >= 11 is 0. The number of rotatable bonds is 8. The van der Waals surface area contributed by atoms with Crippen molar-refractivity contribution in [3.63, 3.8) is 0 Å². The predicted molar refractivity (Wildman–Crippen MR) is 61.2 cm³/mol. The standard InChI is InChI=1S/C8H8F10O6S2/c1-4(23-25(19,20)2-5(9,10)7(13,14)15)24-26(21,22)3-6(11,12)8(16,17)18/h4H,2-3H2,1H3. The molecule has 0 radical (unpaired) electrons. The summed E-state index contributed by atoms with van der Waals surface area (Å²) in [4.78, 5) is 0. The molecule has 0 aromatic heterocycles. The highest BCUT2D eigenvalue weighted by Gasteiger charge is 2.61. The van der Waals surface area contributed by atoms with E-state index in [-0.39, 0.29) is 6.92 Å². The van der Waals surface area contributed by atoms with Gasteiger partial charge >= 0.3 is 24.2 Å². The Kier molecular flexibility index (Phi) is 7.02. The van der Waals surface area contributed by atoms with Crippen LogP contribution in [0.1, 0.15) is 6.92 Å². The van der Waals surface area contributed by atoms with Gasteiger partial charge < -0.3 is 0 Å². The Morgan fingerprint density at radius 3 is 1.08 bits per heavy atom. The first-order chi connectivity index (χ1) is 11.0. The van der Waals surface area contributed by atoms with E-state index in [1.54, 1.807) is 0 Å². The van der Waals surface area contributed by atoms with Gasteiger partial charge in [0.05, 0.1) is 0 Å². The molecule has 0 saturated heterocycles. The summed E-state index contributed by atoms with van der Waals surface area (Å²) in [5.41, 5.74) is 0. The smallest absolute Gasteiger partial charge is 0.237 e. The minimum absolute atomic E-state index is 0.229. The van der Waals surface area contributed by atoms with Crippen molar-refractivity contribution in [2.24, 2.45) is 0 Å². The molecule has 26 heavy (non-hydrogen) atoms. The Bertz CT molecular complexity index is 632. The molecule has 0 aromatic carbocycles. The van der Waals surface area contributed by atoms with Crippen LogP contribution in [0.25, 0.3) is 0 Å². The molecule has 0 fully saturated rings. The van der Waals surface area contributed by atoms with Gasteiger partial charge in [0, 0.05) is 0 Å². The molecule has 0 spiro atoms. The SMILES string of the molecule is CC(OS(=O)(=O)CC(F)(F)C(F)(F)F)OS(=O)(=O)CC(F)(F)C(F)(F)F. The third-order valence-corrected chi connectivity index (χ3v) is 4.67. The lowest BCUT2D eigenvalue weighted by atomic mass is 10.4. The molecule has 0 unspecified atom stereocenters. The van der Waals surface area contributed by atoms with E-state index in [4.69, 9.17) is 0 Å². The van der Waals surface area contributed by atoms with Gasteiger partial charge in [-0.15, -0.1) is 0 Å². The molecule has 0 aliphatic heterocycles.